The number of esters is 1. The van der Waals surface area contributed by atoms with Crippen LogP contribution in [0.2, 0.25) is 0 Å². The Kier molecular flexibility index (Phi) is 10.4. The first-order valence-corrected chi connectivity index (χ1v) is 12.0. The second-order valence-electron chi connectivity index (χ2n) is 9.28. The minimum atomic E-state index is -0.637. The molecule has 0 unspecified atom stereocenters. The zero-order valence-corrected chi connectivity index (χ0v) is 22.5. The van der Waals surface area contributed by atoms with Gasteiger partial charge in [-0.1, -0.05) is 0 Å². The molecule has 0 saturated carbocycles. The predicted octanol–water partition coefficient (Wildman–Crippen LogP) is 1.55. The van der Waals surface area contributed by atoms with Gasteiger partial charge < -0.3 is 39.9 Å². The Hall–Kier alpha value is -4.36. The molecule has 2 aromatic heterocycles. The Bertz CT molecular complexity index is 1180. The lowest BCUT2D eigenvalue weighted by atomic mass is 10.2. The number of nitrogens with one attached hydrogen (secondary N) is 4. The van der Waals surface area contributed by atoms with Crippen LogP contribution in [0.5, 0.6) is 0 Å². The van der Waals surface area contributed by atoms with Crippen molar-refractivity contribution in [3.05, 3.63) is 30.0 Å². The Balaban J connectivity index is 1.89. The topological polar surface area (TPSA) is 175 Å². The van der Waals surface area contributed by atoms with Crippen molar-refractivity contribution in [1.82, 2.24) is 24.8 Å². The Morgan fingerprint density at radius 1 is 0.921 bits per heavy atom. The molecule has 2 rings (SSSR count). The summed E-state index contributed by atoms with van der Waals surface area (Å²) < 4.78 is 12.9. The molecule has 0 saturated heterocycles. The fraction of sp³-hybridized carbons (Fsp3) is 0.500. The van der Waals surface area contributed by atoms with Gasteiger partial charge in [-0.2, -0.15) is 0 Å². The molecular weight excluding hydrogens is 498 g/mol. The number of carbonyl (C=O) groups is 5. The molecule has 0 aromatic carbocycles. The molecule has 0 fully saturated rings. The number of ether oxygens (including phenoxy) is 2. The van der Waals surface area contributed by atoms with Crippen LogP contribution in [0, 0.1) is 0 Å². The fourth-order valence-corrected chi connectivity index (χ4v) is 3.18. The van der Waals surface area contributed by atoms with Gasteiger partial charge in [0.1, 0.15) is 11.3 Å². The zero-order valence-electron chi connectivity index (χ0n) is 22.5. The number of amides is 4. The molecule has 0 aliphatic carbocycles. The third kappa shape index (κ3) is 9.59. The first-order valence-electron chi connectivity index (χ1n) is 12.0. The van der Waals surface area contributed by atoms with Crippen LogP contribution < -0.4 is 21.3 Å². The lowest BCUT2D eigenvalue weighted by Gasteiger charge is -2.19. The molecule has 2 heterocycles. The summed E-state index contributed by atoms with van der Waals surface area (Å²) in [5.74, 6) is -1.61. The molecule has 0 spiro atoms. The van der Waals surface area contributed by atoms with Crippen molar-refractivity contribution >= 4 is 41.3 Å². The van der Waals surface area contributed by atoms with Gasteiger partial charge in [0.05, 0.1) is 18.7 Å². The van der Waals surface area contributed by atoms with Crippen molar-refractivity contribution in [2.75, 3.05) is 30.3 Å². The van der Waals surface area contributed by atoms with Gasteiger partial charge in [0.25, 0.3) is 11.8 Å². The summed E-state index contributed by atoms with van der Waals surface area (Å²) in [5.41, 5.74) is -0.0111. The van der Waals surface area contributed by atoms with E-state index in [1.807, 2.05) is 0 Å². The van der Waals surface area contributed by atoms with Crippen LogP contribution in [0.15, 0.2) is 18.5 Å². The van der Waals surface area contributed by atoms with Gasteiger partial charge in [-0.25, -0.2) is 9.78 Å². The minimum Gasteiger partial charge on any atom is -0.466 e. The molecule has 0 aliphatic heterocycles. The summed E-state index contributed by atoms with van der Waals surface area (Å²) in [6, 6.07) is 1.49. The maximum absolute atomic E-state index is 12.8. The van der Waals surface area contributed by atoms with Crippen molar-refractivity contribution in [2.24, 2.45) is 14.1 Å². The second kappa shape index (κ2) is 13.3. The second-order valence-corrected chi connectivity index (χ2v) is 9.28. The van der Waals surface area contributed by atoms with E-state index in [2.05, 4.69) is 26.3 Å². The molecule has 14 nitrogen and oxygen atoms in total. The van der Waals surface area contributed by atoms with Gasteiger partial charge in [-0.05, 0) is 33.8 Å². The van der Waals surface area contributed by atoms with E-state index in [1.165, 1.54) is 21.4 Å². The quantitative estimate of drug-likeness (QED) is 0.315. The highest BCUT2D eigenvalue weighted by molar-refractivity contribution is 6.04. The highest BCUT2D eigenvalue weighted by atomic mass is 16.6. The molecule has 0 atom stereocenters. The standard InChI is InChI=1S/C24H35N7O7/c1-7-37-19(33)9-11-25-22(35)20-28-17(14-31(20)6)29-21(34)16-12-15(13-30(16)5)27-18(32)8-10-26-23(36)38-24(2,3)4/h12-14H,7-11H2,1-6H3,(H,25,35)(H,26,36)(H,27,32)(H,29,34). The molecule has 0 bridgehead atoms. The minimum absolute atomic E-state index is 0.00817. The predicted molar refractivity (Wildman–Crippen MR) is 138 cm³/mol. The van der Waals surface area contributed by atoms with Crippen LogP contribution >= 0.6 is 0 Å². The number of imidazole rings is 1. The fourth-order valence-electron chi connectivity index (χ4n) is 3.18. The Labute approximate surface area is 220 Å². The van der Waals surface area contributed by atoms with E-state index in [9.17, 15) is 24.0 Å². The van der Waals surface area contributed by atoms with Crippen LogP contribution in [-0.2, 0) is 33.2 Å². The van der Waals surface area contributed by atoms with Crippen molar-refractivity contribution in [3.63, 3.8) is 0 Å². The van der Waals surface area contributed by atoms with Gasteiger partial charge in [0.2, 0.25) is 11.7 Å². The van der Waals surface area contributed by atoms with E-state index in [-0.39, 0.29) is 55.8 Å². The maximum Gasteiger partial charge on any atom is 0.407 e. The number of anilines is 2. The average molecular weight is 534 g/mol. The van der Waals surface area contributed by atoms with Crippen LogP contribution in [-0.4, -0.2) is 69.2 Å². The monoisotopic (exact) mass is 533 g/mol. The number of nitrogens with zero attached hydrogens (tertiary/aromatic N) is 3. The molecule has 4 N–H and O–H groups in total. The van der Waals surface area contributed by atoms with Crippen LogP contribution in [0.25, 0.3) is 0 Å². The highest BCUT2D eigenvalue weighted by Crippen LogP contribution is 2.16. The lowest BCUT2D eigenvalue weighted by Crippen LogP contribution is -2.34. The normalized spacial score (nSPS) is 10.9. The van der Waals surface area contributed by atoms with E-state index < -0.39 is 29.5 Å². The lowest BCUT2D eigenvalue weighted by molar-refractivity contribution is -0.142. The van der Waals surface area contributed by atoms with Crippen LogP contribution in [0.1, 0.15) is 61.6 Å². The number of rotatable bonds is 11. The average Bonchev–Trinajstić information content (AvgIpc) is 3.34. The Morgan fingerprint density at radius 3 is 2.26 bits per heavy atom. The van der Waals surface area contributed by atoms with Crippen molar-refractivity contribution in [2.45, 2.75) is 46.1 Å². The highest BCUT2D eigenvalue weighted by Gasteiger charge is 2.19. The molecule has 14 heteroatoms. The van der Waals surface area contributed by atoms with E-state index in [0.717, 1.165) is 0 Å². The molecule has 4 amide bonds. The number of aromatic nitrogens is 3. The third-order valence-corrected chi connectivity index (χ3v) is 4.78. The molecule has 208 valence electrons. The summed E-state index contributed by atoms with van der Waals surface area (Å²) in [6.07, 6.45) is 2.46. The van der Waals surface area contributed by atoms with E-state index in [0.29, 0.717) is 5.69 Å². The van der Waals surface area contributed by atoms with Crippen LogP contribution in [0.3, 0.4) is 0 Å². The maximum atomic E-state index is 12.8. The SMILES string of the molecule is CCOC(=O)CCNC(=O)c1nc(NC(=O)c2cc(NC(=O)CCNC(=O)OC(C)(C)C)cn2C)cn1C. The molecular formula is C24H35N7O7. The van der Waals surface area contributed by atoms with Gasteiger partial charge in [-0.15, -0.1) is 0 Å². The number of hydrogen-bond donors (Lipinski definition) is 4. The molecule has 0 radical (unpaired) electrons. The first-order chi connectivity index (χ1) is 17.8. The summed E-state index contributed by atoms with van der Waals surface area (Å²) in [4.78, 5) is 64.6. The van der Waals surface area contributed by atoms with E-state index >= 15 is 0 Å². The Morgan fingerprint density at radius 2 is 1.61 bits per heavy atom. The summed E-state index contributed by atoms with van der Waals surface area (Å²) in [6.45, 7) is 7.34. The van der Waals surface area contributed by atoms with Crippen molar-refractivity contribution in [3.8, 4) is 0 Å². The van der Waals surface area contributed by atoms with Gasteiger partial charge >= 0.3 is 12.1 Å². The smallest absolute Gasteiger partial charge is 0.407 e. The first kappa shape index (κ1) is 29.9. The van der Waals surface area contributed by atoms with Crippen LogP contribution in [0.4, 0.5) is 16.3 Å². The number of carbonyl (C=O) groups excluding carboxylic acids is 5. The molecule has 2 aromatic rings. The number of aryl methyl sites for hydroxylation is 2. The molecule has 38 heavy (non-hydrogen) atoms. The molecule has 0 aliphatic rings. The number of alkyl carbamates (subject to hydrolysis) is 1. The van der Waals surface area contributed by atoms with Gasteiger partial charge in [-0.3, -0.25) is 19.2 Å². The van der Waals surface area contributed by atoms with E-state index in [1.54, 1.807) is 48.0 Å². The summed E-state index contributed by atoms with van der Waals surface area (Å²) in [7, 11) is 3.23. The van der Waals surface area contributed by atoms with Crippen molar-refractivity contribution in [1.29, 1.82) is 0 Å². The zero-order chi connectivity index (χ0) is 28.5. The van der Waals surface area contributed by atoms with Gasteiger partial charge in [0.15, 0.2) is 5.82 Å². The summed E-state index contributed by atoms with van der Waals surface area (Å²) in [5, 5.41) is 10.4. The largest absolute Gasteiger partial charge is 0.466 e. The van der Waals surface area contributed by atoms with E-state index in [4.69, 9.17) is 9.47 Å². The van der Waals surface area contributed by atoms with Crippen molar-refractivity contribution < 1.29 is 33.4 Å². The summed E-state index contributed by atoms with van der Waals surface area (Å²) >= 11 is 0. The van der Waals surface area contributed by atoms with Gasteiger partial charge in [0, 0.05) is 46.0 Å². The third-order valence-electron chi connectivity index (χ3n) is 4.78. The number of hydrogen-bond acceptors (Lipinski definition) is 8.